The van der Waals surface area contributed by atoms with Crippen LogP contribution in [0.2, 0.25) is 0 Å². The Balaban J connectivity index is 3.34. The Kier molecular flexibility index (Phi) is 3.52. The molecule has 2 N–H and O–H groups in total. The van der Waals surface area contributed by atoms with E-state index in [-0.39, 0.29) is 17.2 Å². The van der Waals surface area contributed by atoms with Crippen molar-refractivity contribution in [1.29, 1.82) is 0 Å². The van der Waals surface area contributed by atoms with Gasteiger partial charge >= 0.3 is 5.97 Å². The van der Waals surface area contributed by atoms with Crippen LogP contribution in [0.4, 0.5) is 4.39 Å². The number of benzene rings is 1. The number of carboxylic acid groups (broad SMARTS) is 1. The van der Waals surface area contributed by atoms with Crippen molar-refractivity contribution in [3.05, 3.63) is 29.1 Å². The minimum atomic E-state index is -1.06. The Hall–Kier alpha value is -1.58. The van der Waals surface area contributed by atoms with Crippen molar-refractivity contribution in [1.82, 2.24) is 0 Å². The van der Waals surface area contributed by atoms with Gasteiger partial charge in [0.2, 0.25) is 0 Å². The molecule has 0 aliphatic carbocycles. The van der Waals surface area contributed by atoms with Gasteiger partial charge in [-0.15, -0.1) is 0 Å². The standard InChI is InChI=1S/C12H15FO3/c1-6(2)10(12(15)16)9-5-8(13)4-7(3)11(9)14/h4-6,10,14H,1-3H3,(H,15,16). The molecule has 0 saturated carbocycles. The SMILES string of the molecule is Cc1cc(F)cc(C(C(=O)O)C(C)C)c1O. The summed E-state index contributed by atoms with van der Waals surface area (Å²) in [6, 6.07) is 2.26. The molecule has 4 heteroatoms. The van der Waals surface area contributed by atoms with Gasteiger partial charge in [0.15, 0.2) is 0 Å². The molecule has 0 saturated heterocycles. The van der Waals surface area contributed by atoms with Crippen LogP contribution in [-0.2, 0) is 4.79 Å². The van der Waals surface area contributed by atoms with Crippen molar-refractivity contribution in [2.24, 2.45) is 5.92 Å². The third-order valence-electron chi connectivity index (χ3n) is 2.56. The quantitative estimate of drug-likeness (QED) is 0.833. The smallest absolute Gasteiger partial charge is 0.311 e. The number of hydrogen-bond donors (Lipinski definition) is 2. The van der Waals surface area contributed by atoms with Crippen LogP contribution in [-0.4, -0.2) is 16.2 Å². The molecule has 0 bridgehead atoms. The summed E-state index contributed by atoms with van der Waals surface area (Å²) in [4.78, 5) is 11.1. The van der Waals surface area contributed by atoms with E-state index in [1.807, 2.05) is 0 Å². The summed E-state index contributed by atoms with van der Waals surface area (Å²) in [5.41, 5.74) is 0.488. The van der Waals surface area contributed by atoms with Gasteiger partial charge in [-0.3, -0.25) is 4.79 Å². The number of phenolic OH excluding ortho intramolecular Hbond substituents is 1. The molecule has 1 atom stereocenters. The lowest BCUT2D eigenvalue weighted by atomic mass is 9.87. The lowest BCUT2D eigenvalue weighted by Crippen LogP contribution is -2.18. The zero-order valence-corrected chi connectivity index (χ0v) is 9.49. The van der Waals surface area contributed by atoms with Gasteiger partial charge in [0, 0.05) is 5.56 Å². The van der Waals surface area contributed by atoms with E-state index in [9.17, 15) is 14.3 Å². The van der Waals surface area contributed by atoms with Crippen LogP contribution in [0, 0.1) is 18.7 Å². The van der Waals surface area contributed by atoms with Crippen LogP contribution in [0.3, 0.4) is 0 Å². The lowest BCUT2D eigenvalue weighted by Gasteiger charge is -2.18. The number of halogens is 1. The molecule has 0 amide bonds. The van der Waals surface area contributed by atoms with Gasteiger partial charge in [0.1, 0.15) is 11.6 Å². The highest BCUT2D eigenvalue weighted by molar-refractivity contribution is 5.77. The number of carboxylic acids is 1. The minimum absolute atomic E-state index is 0.137. The fourth-order valence-corrected chi connectivity index (χ4v) is 1.78. The molecule has 0 radical (unpaired) electrons. The maximum absolute atomic E-state index is 13.2. The average Bonchev–Trinajstić information content (AvgIpc) is 2.12. The van der Waals surface area contributed by atoms with E-state index in [1.54, 1.807) is 20.8 Å². The molecule has 3 nitrogen and oxygen atoms in total. The van der Waals surface area contributed by atoms with Crippen LogP contribution >= 0.6 is 0 Å². The molecule has 0 aromatic heterocycles. The highest BCUT2D eigenvalue weighted by Crippen LogP contribution is 2.34. The van der Waals surface area contributed by atoms with E-state index in [1.165, 1.54) is 6.07 Å². The summed E-state index contributed by atoms with van der Waals surface area (Å²) >= 11 is 0. The molecule has 1 aromatic carbocycles. The largest absolute Gasteiger partial charge is 0.507 e. The first kappa shape index (κ1) is 12.5. The highest BCUT2D eigenvalue weighted by atomic mass is 19.1. The molecule has 1 unspecified atom stereocenters. The van der Waals surface area contributed by atoms with E-state index < -0.39 is 17.7 Å². The minimum Gasteiger partial charge on any atom is -0.507 e. The van der Waals surface area contributed by atoms with E-state index in [0.717, 1.165) is 6.07 Å². The van der Waals surface area contributed by atoms with Crippen LogP contribution < -0.4 is 0 Å². The second-order valence-electron chi connectivity index (χ2n) is 4.22. The van der Waals surface area contributed by atoms with Crippen molar-refractivity contribution in [2.75, 3.05) is 0 Å². The van der Waals surface area contributed by atoms with E-state index in [2.05, 4.69) is 0 Å². The van der Waals surface area contributed by atoms with Crippen LogP contribution in [0.5, 0.6) is 5.75 Å². The summed E-state index contributed by atoms with van der Waals surface area (Å²) in [7, 11) is 0. The van der Waals surface area contributed by atoms with Crippen LogP contribution in [0.15, 0.2) is 12.1 Å². The molecule has 0 heterocycles. The number of aromatic hydroxyl groups is 1. The molecule has 88 valence electrons. The molecule has 0 spiro atoms. The normalized spacial score (nSPS) is 12.8. The van der Waals surface area contributed by atoms with Crippen molar-refractivity contribution in [2.45, 2.75) is 26.7 Å². The average molecular weight is 226 g/mol. The Labute approximate surface area is 93.5 Å². The predicted molar refractivity (Wildman–Crippen MR) is 58.0 cm³/mol. The number of rotatable bonds is 3. The zero-order valence-electron chi connectivity index (χ0n) is 9.49. The predicted octanol–water partition coefficient (Wildman–Crippen LogP) is 2.66. The number of hydrogen-bond acceptors (Lipinski definition) is 2. The Morgan fingerprint density at radius 3 is 2.38 bits per heavy atom. The number of carbonyl (C=O) groups is 1. The van der Waals surface area contributed by atoms with Crippen LogP contribution in [0.25, 0.3) is 0 Å². The van der Waals surface area contributed by atoms with Gasteiger partial charge in [-0.1, -0.05) is 13.8 Å². The summed E-state index contributed by atoms with van der Waals surface area (Å²) < 4.78 is 13.2. The monoisotopic (exact) mass is 226 g/mol. The number of aliphatic carboxylic acids is 1. The van der Waals surface area contributed by atoms with Crippen molar-refractivity contribution < 1.29 is 19.4 Å². The van der Waals surface area contributed by atoms with Crippen molar-refractivity contribution >= 4 is 5.97 Å². The first-order valence-corrected chi connectivity index (χ1v) is 5.06. The van der Waals surface area contributed by atoms with Gasteiger partial charge in [-0.2, -0.15) is 0 Å². The topological polar surface area (TPSA) is 57.5 Å². The van der Waals surface area contributed by atoms with E-state index in [4.69, 9.17) is 5.11 Å². The van der Waals surface area contributed by atoms with Crippen molar-refractivity contribution in [3.8, 4) is 5.75 Å². The Morgan fingerprint density at radius 1 is 1.38 bits per heavy atom. The first-order chi connectivity index (χ1) is 7.34. The maximum atomic E-state index is 13.2. The fourth-order valence-electron chi connectivity index (χ4n) is 1.78. The molecule has 0 fully saturated rings. The van der Waals surface area contributed by atoms with Gasteiger partial charge in [0.25, 0.3) is 0 Å². The van der Waals surface area contributed by atoms with E-state index in [0.29, 0.717) is 5.56 Å². The molecule has 16 heavy (non-hydrogen) atoms. The summed E-state index contributed by atoms with van der Waals surface area (Å²) in [5, 5.41) is 18.8. The molecule has 1 aromatic rings. The van der Waals surface area contributed by atoms with Gasteiger partial charge in [-0.25, -0.2) is 4.39 Å². The van der Waals surface area contributed by atoms with Crippen molar-refractivity contribution in [3.63, 3.8) is 0 Å². The Bertz CT molecular complexity index is 413. The molecular formula is C12H15FO3. The second-order valence-corrected chi connectivity index (χ2v) is 4.22. The summed E-state index contributed by atoms with van der Waals surface area (Å²) in [6.07, 6.45) is 0. The third kappa shape index (κ3) is 2.32. The van der Waals surface area contributed by atoms with E-state index >= 15 is 0 Å². The number of aryl methyl sites for hydroxylation is 1. The summed E-state index contributed by atoms with van der Waals surface area (Å²) in [5.74, 6) is -2.84. The fraction of sp³-hybridized carbons (Fsp3) is 0.417. The molecular weight excluding hydrogens is 211 g/mol. The first-order valence-electron chi connectivity index (χ1n) is 5.06. The van der Waals surface area contributed by atoms with Crippen LogP contribution in [0.1, 0.15) is 30.9 Å². The highest BCUT2D eigenvalue weighted by Gasteiger charge is 2.27. The summed E-state index contributed by atoms with van der Waals surface area (Å²) in [6.45, 7) is 4.98. The molecule has 0 aliphatic rings. The third-order valence-corrected chi connectivity index (χ3v) is 2.56. The van der Waals surface area contributed by atoms with Gasteiger partial charge in [0.05, 0.1) is 5.92 Å². The molecule has 0 aliphatic heterocycles. The number of phenols is 1. The maximum Gasteiger partial charge on any atom is 0.311 e. The van der Waals surface area contributed by atoms with Gasteiger partial charge in [-0.05, 0) is 30.5 Å². The zero-order chi connectivity index (χ0) is 12.5. The molecule has 1 rings (SSSR count). The lowest BCUT2D eigenvalue weighted by molar-refractivity contribution is -0.139. The van der Waals surface area contributed by atoms with Gasteiger partial charge < -0.3 is 10.2 Å². The second kappa shape index (κ2) is 4.51. The Morgan fingerprint density at radius 2 is 1.94 bits per heavy atom.